The molecule has 0 radical (unpaired) electrons. The Labute approximate surface area is 240 Å². The highest BCUT2D eigenvalue weighted by atomic mass is 35.5. The van der Waals surface area contributed by atoms with E-state index >= 15 is 0 Å². The van der Waals surface area contributed by atoms with Gasteiger partial charge in [-0.2, -0.15) is 0 Å². The van der Waals surface area contributed by atoms with Crippen molar-refractivity contribution in [2.45, 2.75) is 59.2 Å². The zero-order chi connectivity index (χ0) is 27.8. The van der Waals surface area contributed by atoms with Crippen LogP contribution in [-0.4, -0.2) is 25.9 Å². The average molecular weight is 566 g/mol. The minimum absolute atomic E-state index is 0.0476. The first-order chi connectivity index (χ1) is 18.9. The van der Waals surface area contributed by atoms with E-state index in [4.69, 9.17) is 28.2 Å². The molecule has 4 aromatic rings. The lowest BCUT2D eigenvalue weighted by molar-refractivity contribution is -0.385. The van der Waals surface area contributed by atoms with E-state index in [1.54, 1.807) is 12.1 Å². The molecule has 0 fully saturated rings. The van der Waals surface area contributed by atoms with Gasteiger partial charge < -0.3 is 4.57 Å². The van der Waals surface area contributed by atoms with E-state index in [-0.39, 0.29) is 10.6 Å². The quantitative estimate of drug-likeness (QED) is 0.120. The SMILES string of the molecule is CCCCN(Cc1c(Cl)cccc1[N+](=O)[O-])Cc1c(-c2ccc(Cl)cc2)nc(-c2ccccc2)n1CCCC. The number of nitro benzene ring substituents is 1. The topological polar surface area (TPSA) is 64.2 Å². The largest absolute Gasteiger partial charge is 0.326 e. The van der Waals surface area contributed by atoms with Crippen molar-refractivity contribution in [3.8, 4) is 22.6 Å². The van der Waals surface area contributed by atoms with Crippen molar-refractivity contribution in [2.75, 3.05) is 6.54 Å². The monoisotopic (exact) mass is 564 g/mol. The van der Waals surface area contributed by atoms with Gasteiger partial charge in [0, 0.05) is 41.9 Å². The van der Waals surface area contributed by atoms with Gasteiger partial charge >= 0.3 is 0 Å². The Morgan fingerprint density at radius 1 is 0.872 bits per heavy atom. The fraction of sp³-hybridized carbons (Fsp3) is 0.323. The molecule has 1 aromatic heterocycles. The van der Waals surface area contributed by atoms with Crippen LogP contribution >= 0.6 is 23.2 Å². The summed E-state index contributed by atoms with van der Waals surface area (Å²) in [6.45, 7) is 6.87. The van der Waals surface area contributed by atoms with Crippen molar-refractivity contribution < 1.29 is 4.92 Å². The standard InChI is InChI=1S/C31H34Cl2N4O2/c1-3-5-19-35(21-26-27(33)13-10-14-28(26)37(38)39)22-29-30(23-15-17-25(32)18-16-23)34-31(36(29)20-6-4-2)24-11-8-7-9-12-24/h7-18H,3-6,19-22H2,1-2H3. The summed E-state index contributed by atoms with van der Waals surface area (Å²) >= 11 is 12.7. The zero-order valence-corrected chi connectivity index (χ0v) is 24.0. The second-order valence-electron chi connectivity index (χ2n) is 9.67. The van der Waals surface area contributed by atoms with E-state index < -0.39 is 0 Å². The van der Waals surface area contributed by atoms with Crippen LogP contribution in [0.1, 0.15) is 50.8 Å². The minimum atomic E-state index is -0.350. The van der Waals surface area contributed by atoms with Gasteiger partial charge in [0.1, 0.15) is 5.82 Å². The lowest BCUT2D eigenvalue weighted by Gasteiger charge is -2.24. The molecule has 6 nitrogen and oxygen atoms in total. The molecule has 39 heavy (non-hydrogen) atoms. The first kappa shape index (κ1) is 28.8. The van der Waals surface area contributed by atoms with Crippen LogP contribution in [0.3, 0.4) is 0 Å². The highest BCUT2D eigenvalue weighted by Gasteiger charge is 2.24. The van der Waals surface area contributed by atoms with Gasteiger partial charge in [-0.3, -0.25) is 15.0 Å². The number of hydrogen-bond acceptors (Lipinski definition) is 4. The third-order valence-corrected chi connectivity index (χ3v) is 7.44. The van der Waals surface area contributed by atoms with Crippen molar-refractivity contribution >= 4 is 28.9 Å². The van der Waals surface area contributed by atoms with E-state index in [0.717, 1.165) is 67.1 Å². The predicted molar refractivity (Wildman–Crippen MR) is 160 cm³/mol. The van der Waals surface area contributed by atoms with E-state index in [0.29, 0.717) is 28.7 Å². The van der Waals surface area contributed by atoms with Gasteiger partial charge in [0.25, 0.3) is 5.69 Å². The number of unbranched alkanes of at least 4 members (excludes halogenated alkanes) is 2. The summed E-state index contributed by atoms with van der Waals surface area (Å²) < 4.78 is 2.32. The molecule has 0 aliphatic heterocycles. The Hall–Kier alpha value is -3.19. The summed E-state index contributed by atoms with van der Waals surface area (Å²) in [4.78, 5) is 18.9. The van der Waals surface area contributed by atoms with Gasteiger partial charge in [0.05, 0.1) is 26.9 Å². The number of nitro groups is 1. The number of halogens is 2. The van der Waals surface area contributed by atoms with Crippen molar-refractivity contribution in [3.05, 3.63) is 104 Å². The molecule has 0 bridgehead atoms. The number of hydrogen-bond donors (Lipinski definition) is 0. The summed E-state index contributed by atoms with van der Waals surface area (Å²) in [5.41, 5.74) is 4.60. The molecule has 0 atom stereocenters. The second-order valence-corrected chi connectivity index (χ2v) is 10.5. The third-order valence-electron chi connectivity index (χ3n) is 6.83. The predicted octanol–water partition coefficient (Wildman–Crippen LogP) is 9.03. The fourth-order valence-electron chi connectivity index (χ4n) is 4.76. The van der Waals surface area contributed by atoms with Crippen LogP contribution in [-0.2, 0) is 19.6 Å². The lowest BCUT2D eigenvalue weighted by Crippen LogP contribution is -2.26. The van der Waals surface area contributed by atoms with Crippen LogP contribution in [0.2, 0.25) is 10.0 Å². The molecule has 8 heteroatoms. The summed E-state index contributed by atoms with van der Waals surface area (Å²) in [5.74, 6) is 0.920. The minimum Gasteiger partial charge on any atom is -0.326 e. The van der Waals surface area contributed by atoms with Crippen molar-refractivity contribution in [1.82, 2.24) is 14.5 Å². The van der Waals surface area contributed by atoms with Gasteiger partial charge in [0.2, 0.25) is 0 Å². The summed E-state index contributed by atoms with van der Waals surface area (Å²) in [6, 6.07) is 22.9. The highest BCUT2D eigenvalue weighted by molar-refractivity contribution is 6.31. The van der Waals surface area contributed by atoms with Gasteiger partial charge in [-0.05, 0) is 37.6 Å². The number of imidazole rings is 1. The van der Waals surface area contributed by atoms with Crippen LogP contribution in [0, 0.1) is 10.1 Å². The van der Waals surface area contributed by atoms with Crippen LogP contribution < -0.4 is 0 Å². The molecule has 4 rings (SSSR count). The average Bonchev–Trinajstić information content (AvgIpc) is 3.30. The first-order valence-corrected chi connectivity index (χ1v) is 14.2. The van der Waals surface area contributed by atoms with Gasteiger partial charge in [-0.25, -0.2) is 4.98 Å². The molecule has 0 spiro atoms. The second kappa shape index (κ2) is 13.7. The molecular formula is C31H34Cl2N4O2. The van der Waals surface area contributed by atoms with E-state index in [1.807, 2.05) is 42.5 Å². The van der Waals surface area contributed by atoms with E-state index in [2.05, 4.69) is 35.4 Å². The normalized spacial score (nSPS) is 11.3. The smallest absolute Gasteiger partial charge is 0.275 e. The highest BCUT2D eigenvalue weighted by Crippen LogP contribution is 2.33. The van der Waals surface area contributed by atoms with E-state index in [9.17, 15) is 10.1 Å². The summed E-state index contributed by atoms with van der Waals surface area (Å²) in [5, 5.41) is 12.9. The number of benzene rings is 3. The van der Waals surface area contributed by atoms with E-state index in [1.165, 1.54) is 6.07 Å². The Morgan fingerprint density at radius 2 is 1.59 bits per heavy atom. The maximum Gasteiger partial charge on any atom is 0.275 e. The molecule has 0 N–H and O–H groups in total. The molecule has 0 aliphatic rings. The Balaban J connectivity index is 1.85. The lowest BCUT2D eigenvalue weighted by atomic mass is 10.1. The molecular weight excluding hydrogens is 531 g/mol. The van der Waals surface area contributed by atoms with Crippen molar-refractivity contribution in [2.24, 2.45) is 0 Å². The van der Waals surface area contributed by atoms with Crippen LogP contribution in [0.25, 0.3) is 22.6 Å². The van der Waals surface area contributed by atoms with Crippen molar-refractivity contribution in [3.63, 3.8) is 0 Å². The molecule has 0 saturated carbocycles. The van der Waals surface area contributed by atoms with Gasteiger partial charge in [-0.1, -0.05) is 98.4 Å². The van der Waals surface area contributed by atoms with Gasteiger partial charge in [-0.15, -0.1) is 0 Å². The van der Waals surface area contributed by atoms with Crippen LogP contribution in [0.4, 0.5) is 5.69 Å². The number of nitrogens with zero attached hydrogens (tertiary/aromatic N) is 4. The number of aromatic nitrogens is 2. The number of rotatable bonds is 13. The molecule has 0 unspecified atom stereocenters. The van der Waals surface area contributed by atoms with Crippen LogP contribution in [0.15, 0.2) is 72.8 Å². The molecule has 0 amide bonds. The molecule has 3 aromatic carbocycles. The molecule has 1 heterocycles. The molecule has 0 saturated heterocycles. The zero-order valence-electron chi connectivity index (χ0n) is 22.4. The summed E-state index contributed by atoms with van der Waals surface area (Å²) in [7, 11) is 0. The fourth-order valence-corrected chi connectivity index (χ4v) is 5.11. The molecule has 0 aliphatic carbocycles. The maximum atomic E-state index is 11.8. The molecule has 204 valence electrons. The summed E-state index contributed by atoms with van der Waals surface area (Å²) in [6.07, 6.45) is 4.03. The Bertz CT molecular complexity index is 1390. The maximum absolute atomic E-state index is 11.8. The first-order valence-electron chi connectivity index (χ1n) is 13.5. The Kier molecular flexibility index (Phi) is 10.2. The van der Waals surface area contributed by atoms with Crippen molar-refractivity contribution in [1.29, 1.82) is 0 Å². The van der Waals surface area contributed by atoms with Gasteiger partial charge in [0.15, 0.2) is 0 Å². The third kappa shape index (κ3) is 7.07. The Morgan fingerprint density at radius 3 is 2.26 bits per heavy atom. The van der Waals surface area contributed by atoms with Crippen LogP contribution in [0.5, 0.6) is 0 Å².